The Hall–Kier alpha value is -4.08. The van der Waals surface area contributed by atoms with Crippen LogP contribution in [0, 0.1) is 11.8 Å². The number of pyridine rings is 2. The molecule has 0 bridgehead atoms. The van der Waals surface area contributed by atoms with Gasteiger partial charge in [0.05, 0.1) is 5.56 Å². The van der Waals surface area contributed by atoms with Gasteiger partial charge in [-0.1, -0.05) is 0 Å². The Balaban J connectivity index is 1.35. The van der Waals surface area contributed by atoms with E-state index in [9.17, 15) is 14.4 Å². The molecule has 6 rings (SSSR count). The molecule has 2 aliphatic carbocycles. The Morgan fingerprint density at radius 2 is 1.80 bits per heavy atom. The lowest BCUT2D eigenvalue weighted by molar-refractivity contribution is 0.0992. The summed E-state index contributed by atoms with van der Waals surface area (Å²) in [6.07, 6.45) is 9.01. The minimum absolute atomic E-state index is 0.220. The topological polar surface area (TPSA) is 119 Å². The lowest BCUT2D eigenvalue weighted by Gasteiger charge is -2.16. The second-order valence-electron chi connectivity index (χ2n) is 9.49. The number of aromatic amines is 1. The second kappa shape index (κ2) is 8.30. The van der Waals surface area contributed by atoms with Crippen molar-refractivity contribution >= 4 is 22.9 Å². The maximum Gasteiger partial charge on any atom is 0.332 e. The summed E-state index contributed by atoms with van der Waals surface area (Å²) in [5.41, 5.74) is 1.26. The number of hydrogen-bond donors (Lipinski definition) is 1. The van der Waals surface area contributed by atoms with E-state index in [4.69, 9.17) is 0 Å². The third-order valence-corrected chi connectivity index (χ3v) is 6.71. The van der Waals surface area contributed by atoms with Crippen LogP contribution in [-0.4, -0.2) is 42.0 Å². The van der Waals surface area contributed by atoms with Crippen LogP contribution in [0.3, 0.4) is 0 Å². The monoisotopic (exact) mass is 471 g/mol. The summed E-state index contributed by atoms with van der Waals surface area (Å²) in [5, 5.41) is 0. The number of carbonyl (C=O) groups excluding carboxylic acids is 1. The highest BCUT2D eigenvalue weighted by Gasteiger charge is 2.28. The Bertz CT molecular complexity index is 1530. The number of carbonyl (C=O) groups is 1. The van der Waals surface area contributed by atoms with Crippen molar-refractivity contribution in [3.8, 4) is 11.4 Å². The summed E-state index contributed by atoms with van der Waals surface area (Å²) in [6.45, 7) is 1.03. The number of anilines is 1. The van der Waals surface area contributed by atoms with Crippen LogP contribution in [0.4, 0.5) is 5.82 Å². The van der Waals surface area contributed by atoms with E-state index in [0.29, 0.717) is 58.9 Å². The summed E-state index contributed by atoms with van der Waals surface area (Å²) < 4.78 is 3.02. The number of nitrogens with one attached hydrogen (secondary N) is 1. The molecule has 4 heterocycles. The number of fused-ring (bicyclic) bond motifs is 1. The third kappa shape index (κ3) is 4.05. The Morgan fingerprint density at radius 3 is 2.43 bits per heavy atom. The molecule has 0 aromatic carbocycles. The third-order valence-electron chi connectivity index (χ3n) is 6.71. The van der Waals surface area contributed by atoms with Crippen molar-refractivity contribution in [3.63, 3.8) is 0 Å². The zero-order valence-electron chi connectivity index (χ0n) is 19.3. The molecule has 0 radical (unpaired) electrons. The minimum Gasteiger partial charge on any atom is -0.332 e. The van der Waals surface area contributed by atoms with Crippen molar-refractivity contribution in [3.05, 3.63) is 69.3 Å². The van der Waals surface area contributed by atoms with E-state index < -0.39 is 0 Å². The Morgan fingerprint density at radius 1 is 1.06 bits per heavy atom. The van der Waals surface area contributed by atoms with Gasteiger partial charge >= 0.3 is 5.69 Å². The van der Waals surface area contributed by atoms with Crippen molar-refractivity contribution in [2.45, 2.75) is 38.8 Å². The zero-order chi connectivity index (χ0) is 24.1. The van der Waals surface area contributed by atoms with Crippen LogP contribution in [-0.2, 0) is 13.1 Å². The van der Waals surface area contributed by atoms with Crippen LogP contribution in [0.1, 0.15) is 36.0 Å². The number of amides is 1. The first-order valence-electron chi connectivity index (χ1n) is 11.9. The summed E-state index contributed by atoms with van der Waals surface area (Å²) >= 11 is 0. The standard InChI is InChI=1S/C25H25N7O3/c1-30(23(33)18-3-2-10-26-11-18)19-9-8-17(12-27-19)21-28-20-22(29-21)31(13-15-4-5-15)25(35)32(24(20)34)14-16-6-7-16/h2-3,8-12,15-16H,4-7,13-14H2,1H3,(H,28,29). The van der Waals surface area contributed by atoms with Crippen molar-refractivity contribution in [1.29, 1.82) is 0 Å². The van der Waals surface area contributed by atoms with Gasteiger partial charge in [0.1, 0.15) is 17.2 Å². The molecule has 10 heteroatoms. The summed E-state index contributed by atoms with van der Waals surface area (Å²) in [5.74, 6) is 1.57. The van der Waals surface area contributed by atoms with Crippen molar-refractivity contribution < 1.29 is 4.79 Å². The molecule has 2 saturated carbocycles. The molecular weight excluding hydrogens is 446 g/mol. The number of nitrogens with zero attached hydrogens (tertiary/aromatic N) is 6. The molecule has 35 heavy (non-hydrogen) atoms. The molecule has 0 saturated heterocycles. The minimum atomic E-state index is -0.325. The van der Waals surface area contributed by atoms with E-state index in [-0.39, 0.29) is 17.2 Å². The first-order chi connectivity index (χ1) is 17.0. The smallest absolute Gasteiger partial charge is 0.332 e. The van der Waals surface area contributed by atoms with Gasteiger partial charge in [-0.2, -0.15) is 0 Å². The van der Waals surface area contributed by atoms with Gasteiger partial charge in [0.15, 0.2) is 5.65 Å². The maximum atomic E-state index is 13.2. The molecule has 10 nitrogen and oxygen atoms in total. The maximum absolute atomic E-state index is 13.2. The van der Waals surface area contributed by atoms with Gasteiger partial charge in [-0.05, 0) is 61.8 Å². The van der Waals surface area contributed by atoms with E-state index in [0.717, 1.165) is 25.7 Å². The quantitative estimate of drug-likeness (QED) is 0.442. The molecule has 0 aliphatic heterocycles. The Labute approximate surface area is 200 Å². The lowest BCUT2D eigenvalue weighted by atomic mass is 10.2. The molecular formula is C25H25N7O3. The van der Waals surface area contributed by atoms with Gasteiger partial charge in [0.2, 0.25) is 0 Å². The molecule has 2 fully saturated rings. The van der Waals surface area contributed by atoms with E-state index >= 15 is 0 Å². The van der Waals surface area contributed by atoms with E-state index in [1.807, 2.05) is 0 Å². The van der Waals surface area contributed by atoms with Crippen molar-refractivity contribution in [1.82, 2.24) is 29.1 Å². The van der Waals surface area contributed by atoms with Gasteiger partial charge in [0.25, 0.3) is 11.5 Å². The van der Waals surface area contributed by atoms with Gasteiger partial charge < -0.3 is 4.98 Å². The number of hydrogen-bond acceptors (Lipinski definition) is 6. The molecule has 0 unspecified atom stereocenters. The number of imidazole rings is 1. The molecule has 0 spiro atoms. The van der Waals surface area contributed by atoms with Gasteiger partial charge in [-0.15, -0.1) is 0 Å². The fourth-order valence-corrected chi connectivity index (χ4v) is 4.26. The normalized spacial score (nSPS) is 15.5. The van der Waals surface area contributed by atoms with Gasteiger partial charge in [0, 0.05) is 44.3 Å². The van der Waals surface area contributed by atoms with Gasteiger partial charge in [-0.3, -0.25) is 28.6 Å². The summed E-state index contributed by atoms with van der Waals surface area (Å²) in [6, 6.07) is 6.92. The first-order valence-corrected chi connectivity index (χ1v) is 11.9. The predicted octanol–water partition coefficient (Wildman–Crippen LogP) is 2.44. The molecule has 178 valence electrons. The predicted molar refractivity (Wildman–Crippen MR) is 130 cm³/mol. The average molecular weight is 472 g/mol. The van der Waals surface area contributed by atoms with Crippen LogP contribution in [0.5, 0.6) is 0 Å². The number of rotatable bonds is 7. The summed E-state index contributed by atoms with van der Waals surface area (Å²) in [7, 11) is 1.65. The largest absolute Gasteiger partial charge is 0.332 e. The zero-order valence-corrected chi connectivity index (χ0v) is 19.3. The molecule has 4 aromatic rings. The molecule has 0 atom stereocenters. The molecule has 1 N–H and O–H groups in total. The van der Waals surface area contributed by atoms with E-state index in [1.54, 1.807) is 48.3 Å². The molecule has 4 aromatic heterocycles. The Kier molecular flexibility index (Phi) is 5.09. The van der Waals surface area contributed by atoms with Gasteiger partial charge in [-0.25, -0.2) is 14.8 Å². The summed E-state index contributed by atoms with van der Waals surface area (Å²) in [4.78, 5) is 56.7. The fourth-order valence-electron chi connectivity index (χ4n) is 4.26. The average Bonchev–Trinajstić information content (AvgIpc) is 3.83. The molecule has 1 amide bonds. The fraction of sp³-hybridized carbons (Fsp3) is 0.360. The van der Waals surface area contributed by atoms with Crippen LogP contribution >= 0.6 is 0 Å². The first kappa shape index (κ1) is 21.5. The highest BCUT2D eigenvalue weighted by atomic mass is 16.2. The number of aromatic nitrogens is 6. The van der Waals surface area contributed by atoms with Crippen molar-refractivity contribution in [2.24, 2.45) is 11.8 Å². The molecule has 2 aliphatic rings. The highest BCUT2D eigenvalue weighted by Crippen LogP contribution is 2.32. The van der Waals surface area contributed by atoms with Crippen LogP contribution < -0.4 is 16.1 Å². The second-order valence-corrected chi connectivity index (χ2v) is 9.49. The van der Waals surface area contributed by atoms with Crippen LogP contribution in [0.15, 0.2) is 52.4 Å². The van der Waals surface area contributed by atoms with Crippen LogP contribution in [0.25, 0.3) is 22.6 Å². The number of H-pyrrole nitrogens is 1. The van der Waals surface area contributed by atoms with Crippen molar-refractivity contribution in [2.75, 3.05) is 11.9 Å². The van der Waals surface area contributed by atoms with Crippen LogP contribution in [0.2, 0.25) is 0 Å². The van der Waals surface area contributed by atoms with E-state index in [2.05, 4.69) is 19.9 Å². The lowest BCUT2D eigenvalue weighted by Crippen LogP contribution is -2.41. The SMILES string of the molecule is CN(C(=O)c1cccnc1)c1ccc(-c2nc3c([nH]2)c(=O)n(CC2CC2)c(=O)n3CC2CC2)cn1. The highest BCUT2D eigenvalue weighted by molar-refractivity contribution is 6.05. The van der Waals surface area contributed by atoms with E-state index in [1.165, 1.54) is 15.7 Å².